The van der Waals surface area contributed by atoms with E-state index in [0.29, 0.717) is 0 Å². The Labute approximate surface area is 87.7 Å². The van der Waals surface area contributed by atoms with Crippen molar-refractivity contribution >= 4 is 29.0 Å². The fraction of sp³-hybridized carbons (Fsp3) is 0.300. The summed E-state index contributed by atoms with van der Waals surface area (Å²) in [5.41, 5.74) is 0.874. The van der Waals surface area contributed by atoms with E-state index in [9.17, 15) is 4.79 Å². The third-order valence-corrected chi connectivity index (χ3v) is 2.96. The SMILES string of the molecule is CC(=O)C(Cl)C(Cl)c1ccccc1. The summed E-state index contributed by atoms with van der Waals surface area (Å²) in [6.45, 7) is 1.44. The second kappa shape index (κ2) is 4.64. The van der Waals surface area contributed by atoms with Crippen LogP contribution >= 0.6 is 23.2 Å². The molecule has 0 aliphatic heterocycles. The molecule has 2 atom stereocenters. The number of hydrogen-bond donors (Lipinski definition) is 0. The van der Waals surface area contributed by atoms with Crippen LogP contribution in [0.4, 0.5) is 0 Å². The van der Waals surface area contributed by atoms with Crippen molar-refractivity contribution in [3.05, 3.63) is 35.9 Å². The van der Waals surface area contributed by atoms with E-state index in [-0.39, 0.29) is 5.78 Å². The Bertz CT molecular complexity index is 284. The molecule has 0 heterocycles. The smallest absolute Gasteiger partial charge is 0.149 e. The third kappa shape index (κ3) is 2.71. The molecule has 3 heteroatoms. The van der Waals surface area contributed by atoms with Crippen LogP contribution in [0.3, 0.4) is 0 Å². The number of Topliss-reactive ketones (excluding diaryl/α,β-unsaturated/α-hetero) is 1. The number of carbonyl (C=O) groups excluding carboxylic acids is 1. The summed E-state index contributed by atoms with van der Waals surface area (Å²) in [7, 11) is 0. The van der Waals surface area contributed by atoms with Crippen LogP contribution in [-0.2, 0) is 4.79 Å². The fourth-order valence-corrected chi connectivity index (χ4v) is 1.48. The lowest BCUT2D eigenvalue weighted by atomic mass is 10.1. The topological polar surface area (TPSA) is 17.1 Å². The summed E-state index contributed by atoms with van der Waals surface area (Å²) in [6.07, 6.45) is 0. The van der Waals surface area contributed by atoms with E-state index < -0.39 is 10.8 Å². The summed E-state index contributed by atoms with van der Waals surface area (Å²) in [5.74, 6) is -0.106. The molecule has 13 heavy (non-hydrogen) atoms. The molecule has 1 aromatic carbocycles. The summed E-state index contributed by atoms with van der Waals surface area (Å²) in [4.78, 5) is 10.9. The highest BCUT2D eigenvalue weighted by Crippen LogP contribution is 2.28. The van der Waals surface area contributed by atoms with Crippen molar-refractivity contribution in [1.29, 1.82) is 0 Å². The maximum atomic E-state index is 10.9. The van der Waals surface area contributed by atoms with E-state index in [0.717, 1.165) is 5.56 Å². The van der Waals surface area contributed by atoms with E-state index in [1.807, 2.05) is 30.3 Å². The minimum Gasteiger partial charge on any atom is -0.298 e. The molecule has 0 radical (unpaired) electrons. The van der Waals surface area contributed by atoms with Gasteiger partial charge in [-0.05, 0) is 12.5 Å². The van der Waals surface area contributed by atoms with Gasteiger partial charge in [0.15, 0.2) is 0 Å². The highest BCUT2D eigenvalue weighted by Gasteiger charge is 2.22. The minimum absolute atomic E-state index is 0.106. The van der Waals surface area contributed by atoms with E-state index in [1.54, 1.807) is 0 Å². The maximum absolute atomic E-state index is 10.9. The van der Waals surface area contributed by atoms with Crippen LogP contribution in [0.2, 0.25) is 0 Å². The zero-order valence-corrected chi connectivity index (χ0v) is 8.72. The maximum Gasteiger partial charge on any atom is 0.149 e. The fourth-order valence-electron chi connectivity index (χ4n) is 1.01. The molecule has 0 aliphatic carbocycles. The Balaban J connectivity index is 2.79. The van der Waals surface area contributed by atoms with E-state index in [1.165, 1.54) is 6.92 Å². The number of ketones is 1. The summed E-state index contributed by atoms with van der Waals surface area (Å²) in [5, 5.41) is -1.09. The molecule has 1 aromatic rings. The number of rotatable bonds is 3. The Morgan fingerprint density at radius 2 is 1.77 bits per heavy atom. The van der Waals surface area contributed by atoms with Crippen LogP contribution in [0, 0.1) is 0 Å². The zero-order valence-electron chi connectivity index (χ0n) is 7.21. The molecular weight excluding hydrogens is 207 g/mol. The second-order valence-corrected chi connectivity index (χ2v) is 3.77. The Morgan fingerprint density at radius 3 is 2.23 bits per heavy atom. The van der Waals surface area contributed by atoms with Gasteiger partial charge in [-0.3, -0.25) is 4.79 Å². The quantitative estimate of drug-likeness (QED) is 0.710. The molecule has 0 bridgehead atoms. The molecule has 70 valence electrons. The first-order valence-electron chi connectivity index (χ1n) is 3.96. The van der Waals surface area contributed by atoms with Crippen LogP contribution in [0.5, 0.6) is 0 Å². The summed E-state index contributed by atoms with van der Waals surface area (Å²) in [6, 6.07) is 9.35. The lowest BCUT2D eigenvalue weighted by Gasteiger charge is -2.12. The lowest BCUT2D eigenvalue weighted by Crippen LogP contribution is -2.16. The highest BCUT2D eigenvalue weighted by atomic mass is 35.5. The van der Waals surface area contributed by atoms with Crippen molar-refractivity contribution in [2.24, 2.45) is 0 Å². The van der Waals surface area contributed by atoms with Crippen LogP contribution in [0.1, 0.15) is 17.9 Å². The van der Waals surface area contributed by atoms with E-state index in [4.69, 9.17) is 23.2 Å². The number of carbonyl (C=O) groups is 1. The van der Waals surface area contributed by atoms with Crippen molar-refractivity contribution in [2.45, 2.75) is 17.7 Å². The predicted molar refractivity (Wildman–Crippen MR) is 55.4 cm³/mol. The van der Waals surface area contributed by atoms with Gasteiger partial charge >= 0.3 is 0 Å². The Kier molecular flexibility index (Phi) is 3.76. The van der Waals surface area contributed by atoms with Gasteiger partial charge in [-0.2, -0.15) is 0 Å². The standard InChI is InChI=1S/C10H10Cl2O/c1-7(13)9(11)10(12)8-5-3-2-4-6-8/h2-6,9-10H,1H3. The van der Waals surface area contributed by atoms with Crippen molar-refractivity contribution in [1.82, 2.24) is 0 Å². The van der Waals surface area contributed by atoms with Crippen molar-refractivity contribution in [3.63, 3.8) is 0 Å². The first kappa shape index (κ1) is 10.6. The molecule has 2 unspecified atom stereocenters. The average Bonchev–Trinajstić information content (AvgIpc) is 2.17. The zero-order chi connectivity index (χ0) is 9.84. The lowest BCUT2D eigenvalue weighted by molar-refractivity contribution is -0.116. The molecular formula is C10H10Cl2O. The van der Waals surface area contributed by atoms with E-state index >= 15 is 0 Å². The molecule has 0 fully saturated rings. The van der Waals surface area contributed by atoms with Crippen LogP contribution in [0.25, 0.3) is 0 Å². The molecule has 0 saturated carbocycles. The predicted octanol–water partition coefficient (Wildman–Crippen LogP) is 3.16. The molecule has 0 spiro atoms. The molecule has 0 saturated heterocycles. The first-order chi connectivity index (χ1) is 6.13. The molecule has 0 aromatic heterocycles. The molecule has 1 rings (SSSR count). The molecule has 0 N–H and O–H groups in total. The number of halogens is 2. The molecule has 0 amide bonds. The van der Waals surface area contributed by atoms with Gasteiger partial charge in [0.1, 0.15) is 11.2 Å². The van der Waals surface area contributed by atoms with Crippen molar-refractivity contribution < 1.29 is 4.79 Å². The van der Waals surface area contributed by atoms with Crippen LogP contribution < -0.4 is 0 Å². The number of alkyl halides is 2. The van der Waals surface area contributed by atoms with Gasteiger partial charge in [0.2, 0.25) is 0 Å². The largest absolute Gasteiger partial charge is 0.298 e. The third-order valence-electron chi connectivity index (χ3n) is 1.76. The van der Waals surface area contributed by atoms with Gasteiger partial charge in [0.05, 0.1) is 5.38 Å². The number of hydrogen-bond acceptors (Lipinski definition) is 1. The Morgan fingerprint density at radius 1 is 1.23 bits per heavy atom. The molecule has 1 nitrogen and oxygen atoms in total. The van der Waals surface area contributed by atoms with Crippen molar-refractivity contribution in [3.8, 4) is 0 Å². The van der Waals surface area contributed by atoms with Gasteiger partial charge in [-0.15, -0.1) is 23.2 Å². The molecule has 0 aliphatic rings. The van der Waals surface area contributed by atoms with Gasteiger partial charge < -0.3 is 0 Å². The minimum atomic E-state index is -0.649. The Hall–Kier alpha value is -0.530. The normalized spacial score (nSPS) is 15.0. The van der Waals surface area contributed by atoms with Gasteiger partial charge in [0, 0.05) is 0 Å². The summed E-state index contributed by atoms with van der Waals surface area (Å²) < 4.78 is 0. The highest BCUT2D eigenvalue weighted by molar-refractivity contribution is 6.37. The monoisotopic (exact) mass is 216 g/mol. The first-order valence-corrected chi connectivity index (χ1v) is 4.83. The van der Waals surface area contributed by atoms with Crippen LogP contribution in [-0.4, -0.2) is 11.2 Å². The number of benzene rings is 1. The summed E-state index contributed by atoms with van der Waals surface area (Å²) >= 11 is 11.8. The van der Waals surface area contributed by atoms with Gasteiger partial charge in [-0.1, -0.05) is 30.3 Å². The van der Waals surface area contributed by atoms with Crippen LogP contribution in [0.15, 0.2) is 30.3 Å². The second-order valence-electron chi connectivity index (χ2n) is 2.82. The van der Waals surface area contributed by atoms with Gasteiger partial charge in [0.25, 0.3) is 0 Å². The van der Waals surface area contributed by atoms with Crippen molar-refractivity contribution in [2.75, 3.05) is 0 Å². The average molecular weight is 217 g/mol. The van der Waals surface area contributed by atoms with Gasteiger partial charge in [-0.25, -0.2) is 0 Å². The van der Waals surface area contributed by atoms with E-state index in [2.05, 4.69) is 0 Å².